The number of primary amides is 1. The molecule has 0 heterocycles. The van der Waals surface area contributed by atoms with Crippen molar-refractivity contribution in [2.75, 3.05) is 0 Å². The van der Waals surface area contributed by atoms with Crippen molar-refractivity contribution < 1.29 is 4.79 Å². The molecule has 2 heteroatoms. The van der Waals surface area contributed by atoms with Gasteiger partial charge in [-0.15, -0.1) is 0 Å². The van der Waals surface area contributed by atoms with Crippen molar-refractivity contribution in [2.45, 2.75) is 72.1 Å². The number of amides is 1. The zero-order chi connectivity index (χ0) is 12.4. The summed E-state index contributed by atoms with van der Waals surface area (Å²) >= 11 is 0. The quantitative estimate of drug-likeness (QED) is 0.604. The maximum Gasteiger partial charge on any atom is 0.220 e. The second-order valence-electron chi connectivity index (χ2n) is 5.07. The van der Waals surface area contributed by atoms with E-state index in [1.165, 1.54) is 19.3 Å². The summed E-state index contributed by atoms with van der Waals surface area (Å²) in [7, 11) is 0. The molecule has 0 aromatic rings. The number of rotatable bonds is 10. The summed E-state index contributed by atoms with van der Waals surface area (Å²) in [6.07, 6.45) is 9.24. The van der Waals surface area contributed by atoms with E-state index in [-0.39, 0.29) is 11.8 Å². The van der Waals surface area contributed by atoms with Crippen molar-refractivity contribution in [3.8, 4) is 0 Å². The lowest BCUT2D eigenvalue weighted by Crippen LogP contribution is -2.23. The molecule has 0 aliphatic carbocycles. The van der Waals surface area contributed by atoms with Crippen molar-refractivity contribution in [3.05, 3.63) is 0 Å². The van der Waals surface area contributed by atoms with Gasteiger partial charge in [0.05, 0.1) is 0 Å². The van der Waals surface area contributed by atoms with E-state index in [0.29, 0.717) is 0 Å². The minimum atomic E-state index is -0.101. The Morgan fingerprint density at radius 3 is 2.06 bits per heavy atom. The molecule has 0 aromatic heterocycles. The standard InChI is InChI=1S/C14H29NO/c1-4-6-8-12(3)10-11-13(14(15)16)9-7-5-2/h12-13H,4-11H2,1-3H3,(H2,15,16). The molecule has 2 atom stereocenters. The summed E-state index contributed by atoms with van der Waals surface area (Å²) in [5.41, 5.74) is 5.42. The van der Waals surface area contributed by atoms with Crippen LogP contribution in [0.15, 0.2) is 0 Å². The Morgan fingerprint density at radius 1 is 1.00 bits per heavy atom. The minimum Gasteiger partial charge on any atom is -0.369 e. The predicted octanol–water partition coefficient (Wildman–Crippen LogP) is 3.88. The number of carbonyl (C=O) groups is 1. The first-order valence-corrected chi connectivity index (χ1v) is 6.91. The van der Waals surface area contributed by atoms with Crippen molar-refractivity contribution in [2.24, 2.45) is 17.6 Å². The zero-order valence-corrected chi connectivity index (χ0v) is 11.3. The van der Waals surface area contributed by atoms with Crippen LogP contribution in [0.3, 0.4) is 0 Å². The van der Waals surface area contributed by atoms with E-state index in [0.717, 1.165) is 38.0 Å². The number of unbranched alkanes of at least 4 members (excludes halogenated alkanes) is 2. The van der Waals surface area contributed by atoms with Crippen LogP contribution in [0, 0.1) is 11.8 Å². The third-order valence-electron chi connectivity index (χ3n) is 3.37. The van der Waals surface area contributed by atoms with Crippen LogP contribution in [0.4, 0.5) is 0 Å². The van der Waals surface area contributed by atoms with E-state index in [1.807, 2.05) is 0 Å². The number of hydrogen-bond donors (Lipinski definition) is 1. The Morgan fingerprint density at radius 2 is 1.56 bits per heavy atom. The van der Waals surface area contributed by atoms with Gasteiger partial charge >= 0.3 is 0 Å². The van der Waals surface area contributed by atoms with E-state index in [1.54, 1.807) is 0 Å². The molecule has 0 aliphatic rings. The molecule has 2 N–H and O–H groups in total. The van der Waals surface area contributed by atoms with Crippen molar-refractivity contribution in [1.82, 2.24) is 0 Å². The molecule has 96 valence electrons. The SMILES string of the molecule is CCCCC(C)CCC(CCCC)C(N)=O. The zero-order valence-electron chi connectivity index (χ0n) is 11.3. The first-order valence-electron chi connectivity index (χ1n) is 6.91. The van der Waals surface area contributed by atoms with Crippen molar-refractivity contribution in [1.29, 1.82) is 0 Å². The van der Waals surface area contributed by atoms with Crippen LogP contribution in [0.2, 0.25) is 0 Å². The maximum atomic E-state index is 11.3. The Labute approximate surface area is 101 Å². The van der Waals surface area contributed by atoms with Crippen LogP contribution in [0.5, 0.6) is 0 Å². The van der Waals surface area contributed by atoms with Gasteiger partial charge < -0.3 is 5.73 Å². The van der Waals surface area contributed by atoms with E-state index in [4.69, 9.17) is 5.73 Å². The molecule has 2 nitrogen and oxygen atoms in total. The summed E-state index contributed by atoms with van der Waals surface area (Å²) < 4.78 is 0. The minimum absolute atomic E-state index is 0.101. The van der Waals surface area contributed by atoms with E-state index < -0.39 is 0 Å². The average Bonchev–Trinajstić information content (AvgIpc) is 2.25. The molecule has 0 spiro atoms. The Kier molecular flexibility index (Phi) is 9.36. The largest absolute Gasteiger partial charge is 0.369 e. The van der Waals surface area contributed by atoms with E-state index >= 15 is 0 Å². The molecule has 16 heavy (non-hydrogen) atoms. The van der Waals surface area contributed by atoms with Gasteiger partial charge in [-0.25, -0.2) is 0 Å². The Bertz CT molecular complexity index is 180. The Hall–Kier alpha value is -0.530. The normalized spacial score (nSPS) is 14.7. The van der Waals surface area contributed by atoms with Gasteiger partial charge in [0.15, 0.2) is 0 Å². The third kappa shape index (κ3) is 7.72. The number of carbonyl (C=O) groups excluding carboxylic acids is 1. The molecule has 0 saturated carbocycles. The fourth-order valence-electron chi connectivity index (χ4n) is 2.06. The smallest absolute Gasteiger partial charge is 0.220 e. The molecular formula is C14H29NO. The molecule has 0 aromatic carbocycles. The second-order valence-corrected chi connectivity index (χ2v) is 5.07. The van der Waals surface area contributed by atoms with Gasteiger partial charge in [0.1, 0.15) is 0 Å². The van der Waals surface area contributed by atoms with Gasteiger partial charge in [-0.3, -0.25) is 4.79 Å². The summed E-state index contributed by atoms with van der Waals surface area (Å²) in [5, 5.41) is 0. The maximum absolute atomic E-state index is 11.3. The lowest BCUT2D eigenvalue weighted by atomic mass is 9.90. The first kappa shape index (κ1) is 15.5. The van der Waals surface area contributed by atoms with Gasteiger partial charge in [0.25, 0.3) is 0 Å². The Balaban J connectivity index is 3.78. The fourth-order valence-corrected chi connectivity index (χ4v) is 2.06. The molecule has 0 bridgehead atoms. The van der Waals surface area contributed by atoms with Gasteiger partial charge in [-0.1, -0.05) is 52.9 Å². The molecule has 2 unspecified atom stereocenters. The van der Waals surface area contributed by atoms with Crippen LogP contribution in [0.1, 0.15) is 72.1 Å². The van der Waals surface area contributed by atoms with Crippen LogP contribution >= 0.6 is 0 Å². The summed E-state index contributed by atoms with van der Waals surface area (Å²) in [4.78, 5) is 11.3. The highest BCUT2D eigenvalue weighted by molar-refractivity contribution is 5.76. The van der Waals surface area contributed by atoms with E-state index in [9.17, 15) is 4.79 Å². The second kappa shape index (κ2) is 9.68. The highest BCUT2D eigenvalue weighted by Crippen LogP contribution is 2.20. The third-order valence-corrected chi connectivity index (χ3v) is 3.37. The molecule has 0 aliphatic heterocycles. The monoisotopic (exact) mass is 227 g/mol. The van der Waals surface area contributed by atoms with Crippen LogP contribution < -0.4 is 5.73 Å². The molecule has 0 saturated heterocycles. The van der Waals surface area contributed by atoms with Crippen LogP contribution in [0.25, 0.3) is 0 Å². The predicted molar refractivity (Wildman–Crippen MR) is 70.1 cm³/mol. The summed E-state index contributed by atoms with van der Waals surface area (Å²) in [6, 6.07) is 0. The fraction of sp³-hybridized carbons (Fsp3) is 0.929. The highest BCUT2D eigenvalue weighted by atomic mass is 16.1. The topological polar surface area (TPSA) is 43.1 Å². The van der Waals surface area contributed by atoms with Gasteiger partial charge in [-0.2, -0.15) is 0 Å². The van der Waals surface area contributed by atoms with Gasteiger partial charge in [-0.05, 0) is 25.2 Å². The summed E-state index contributed by atoms with van der Waals surface area (Å²) in [5.74, 6) is 0.753. The molecule has 0 radical (unpaired) electrons. The molecular weight excluding hydrogens is 198 g/mol. The van der Waals surface area contributed by atoms with E-state index in [2.05, 4.69) is 20.8 Å². The van der Waals surface area contributed by atoms with Crippen LogP contribution in [-0.2, 0) is 4.79 Å². The first-order chi connectivity index (χ1) is 7.61. The lowest BCUT2D eigenvalue weighted by Gasteiger charge is -2.16. The van der Waals surface area contributed by atoms with Gasteiger partial charge in [0, 0.05) is 5.92 Å². The number of nitrogens with two attached hydrogens (primary N) is 1. The molecule has 1 amide bonds. The van der Waals surface area contributed by atoms with Gasteiger partial charge in [0.2, 0.25) is 5.91 Å². The highest BCUT2D eigenvalue weighted by Gasteiger charge is 2.15. The molecule has 0 rings (SSSR count). The van der Waals surface area contributed by atoms with Crippen LogP contribution in [-0.4, -0.2) is 5.91 Å². The van der Waals surface area contributed by atoms with Crippen molar-refractivity contribution >= 4 is 5.91 Å². The average molecular weight is 227 g/mol. The number of hydrogen-bond acceptors (Lipinski definition) is 1. The van der Waals surface area contributed by atoms with Crippen molar-refractivity contribution in [3.63, 3.8) is 0 Å². The summed E-state index contributed by atoms with van der Waals surface area (Å²) in [6.45, 7) is 6.66. The lowest BCUT2D eigenvalue weighted by molar-refractivity contribution is -0.122. The molecule has 0 fully saturated rings.